The molecule has 0 aliphatic carbocycles. The maximum absolute atomic E-state index is 14.0. The fourth-order valence-electron chi connectivity index (χ4n) is 14.7. The molecule has 0 N–H and O–H groups in total. The van der Waals surface area contributed by atoms with Crippen molar-refractivity contribution < 1.29 is 123 Å². The Balaban J connectivity index is 0.000000142. The van der Waals surface area contributed by atoms with Crippen LogP contribution in [-0.4, -0.2) is 104 Å². The molecule has 11 heterocycles. The summed E-state index contributed by atoms with van der Waals surface area (Å²) in [5, 5.41) is 21.7. The molecule has 21 rings (SSSR count). The second-order valence-electron chi connectivity index (χ2n) is 28.1. The molecule has 0 saturated heterocycles. The number of thiazole rings is 2. The second kappa shape index (κ2) is 40.4. The van der Waals surface area contributed by atoms with E-state index in [2.05, 4.69) is 202 Å². The first-order valence-electron chi connectivity index (χ1n) is 37.8. The van der Waals surface area contributed by atoms with Gasteiger partial charge < -0.3 is 18.1 Å². The number of fused-ring (bicyclic) bond motifs is 5. The van der Waals surface area contributed by atoms with Crippen LogP contribution in [0.1, 0.15) is 61.8 Å². The molecule has 10 aromatic carbocycles. The van der Waals surface area contributed by atoms with Gasteiger partial charge in [-0.15, -0.1) is 100 Å². The van der Waals surface area contributed by atoms with Gasteiger partial charge in [-0.05, 0) is 148 Å². The van der Waals surface area contributed by atoms with Gasteiger partial charge in [0.25, 0.3) is 0 Å². The molecular weight excluding hydrogens is 2520 g/mol. The maximum Gasteiger partial charge on any atom is 0.439 e. The number of aromatic nitrogens is 21. The molecule has 0 unspecified atom stereocenters. The minimum absolute atomic E-state index is 0. The fraction of sp³-hybridized carbons (Fsp3) is 0.120. The Morgan fingerprint density at radius 2 is 0.738 bits per heavy atom. The van der Waals surface area contributed by atoms with Crippen LogP contribution < -0.4 is 0 Å². The minimum Gasteiger partial charge on any atom is -0.478 e. The van der Waals surface area contributed by atoms with Crippen molar-refractivity contribution in [3.63, 3.8) is 0 Å². The van der Waals surface area contributed by atoms with Crippen molar-refractivity contribution in [2.75, 3.05) is 0 Å². The van der Waals surface area contributed by atoms with Gasteiger partial charge >= 0.3 is 6.01 Å². The summed E-state index contributed by atoms with van der Waals surface area (Å²) in [6.07, 6.45) is 7.43. The van der Waals surface area contributed by atoms with Gasteiger partial charge in [-0.2, -0.15) is 25.5 Å². The first-order chi connectivity index (χ1) is 58.8. The van der Waals surface area contributed by atoms with E-state index in [1.807, 2.05) is 127 Å². The Hall–Kier alpha value is -12.2. The van der Waals surface area contributed by atoms with E-state index in [1.54, 1.807) is 63.4 Å². The third-order valence-corrected chi connectivity index (χ3v) is 21.2. The van der Waals surface area contributed by atoms with Crippen LogP contribution in [0.15, 0.2) is 220 Å². The van der Waals surface area contributed by atoms with Crippen LogP contribution in [0.5, 0.6) is 0 Å². The van der Waals surface area contributed by atoms with Crippen LogP contribution in [0.3, 0.4) is 0 Å². The van der Waals surface area contributed by atoms with Crippen LogP contribution in [0.4, 0.5) is 14.8 Å². The van der Waals surface area contributed by atoms with Crippen LogP contribution in [0, 0.1) is 125 Å². The number of nitrogens with zero attached hydrogens (tertiary/aromatic N) is 22. The van der Waals surface area contributed by atoms with Gasteiger partial charge in [0, 0.05) is 141 Å². The zero-order chi connectivity index (χ0) is 83.7. The predicted molar refractivity (Wildman–Crippen MR) is 459 cm³/mol. The second-order valence-corrected chi connectivity index (χ2v) is 29.9. The third kappa shape index (κ3) is 18.7. The average Bonchev–Trinajstić information content (AvgIpc) is 1.62. The summed E-state index contributed by atoms with van der Waals surface area (Å²) in [5.74, 6) is 2.82. The molecule has 25 nitrogen and oxygen atoms in total. The van der Waals surface area contributed by atoms with Crippen LogP contribution in [0.25, 0.3) is 155 Å². The molecule has 0 atom stereocenters. The standard InChI is InChI=1S/C23H17N4O.C19H14N5O.C19H17N4O.C16H12N5S.C15H7F2N4S.5Ir/c1-15-8-6-9-16(2)21(15)27-22(24-14-25-27)18-12-7-13-19-20(18)26-23(28-19)17-10-4-3-5-11-17;1-11-8-12(2)17(13(3)9-11)24-18(21-10-22-24)14-6-5-7-15-16(14)23-19(20-4)25-15;1-11-8-12(2)18(13(3)9-11)23-19(20-10-21-23)15-6-5-7-16-17(15)22-14(4)24-16;1-10-6-7-13(11(2)20-10)21-16(17-8-19-21)12-4-3-5-14-15(12)18-9-22-14;16-10-4-2-5-11(17)14(10)21-15(18-7-20-21)9-3-1-6-12-13(9)19-8-22-12;;;;;/h3-11,13-14H,1-2H3;5,7-10H,1-3H3;5,7-10H,1-4H3;3,5-9H,1-2H3;1-2,4-8H;;;;;/q5*-1;;;;;. The van der Waals surface area contributed by atoms with E-state index in [0.29, 0.717) is 68.4 Å². The van der Waals surface area contributed by atoms with Crippen molar-refractivity contribution in [1.29, 1.82) is 0 Å². The Labute approximate surface area is 796 Å². The summed E-state index contributed by atoms with van der Waals surface area (Å²) < 4.78 is 55.6. The van der Waals surface area contributed by atoms with Gasteiger partial charge in [0.1, 0.15) is 42.8 Å². The Kier molecular flexibility index (Phi) is 29.8. The molecule has 0 bridgehead atoms. The van der Waals surface area contributed by atoms with Gasteiger partial charge in [0.15, 0.2) is 17.5 Å². The van der Waals surface area contributed by atoms with Crippen molar-refractivity contribution in [2.24, 2.45) is 0 Å². The van der Waals surface area contributed by atoms with E-state index in [1.165, 1.54) is 53.3 Å². The first-order valence-corrected chi connectivity index (χ1v) is 39.5. The third-order valence-electron chi connectivity index (χ3n) is 19.6. The van der Waals surface area contributed by atoms with Crippen LogP contribution in [-0.2, 0) is 101 Å². The molecule has 0 aliphatic heterocycles. The average molecular weight is 2590 g/mol. The molecule has 126 heavy (non-hydrogen) atoms. The number of aryl methyl sites for hydroxylation is 11. The number of pyridine rings is 1. The number of benzene rings is 10. The molecule has 639 valence electrons. The molecule has 0 saturated carbocycles. The molecular formula is C92H67F2Ir5N22O3S2-5. The molecule has 5 radical (unpaired) electrons. The fourth-order valence-corrected chi connectivity index (χ4v) is 16.1. The number of halogens is 2. The zero-order valence-corrected chi connectivity index (χ0v) is 82.0. The summed E-state index contributed by atoms with van der Waals surface area (Å²) >= 11 is 3.07. The monoisotopic (exact) mass is 2590 g/mol. The molecule has 21 aromatic rings. The molecule has 0 spiro atoms. The van der Waals surface area contributed by atoms with Crippen LogP contribution in [0.2, 0.25) is 0 Å². The Bertz CT molecular complexity index is 7420. The summed E-state index contributed by atoms with van der Waals surface area (Å²) in [4.78, 5) is 51.9. The molecule has 34 heteroatoms. The summed E-state index contributed by atoms with van der Waals surface area (Å²) in [7, 11) is 0. The summed E-state index contributed by atoms with van der Waals surface area (Å²) in [6, 6.07) is 66.6. The van der Waals surface area contributed by atoms with Gasteiger partial charge in [-0.3, -0.25) is 68.6 Å². The van der Waals surface area contributed by atoms with E-state index < -0.39 is 11.6 Å². The normalized spacial score (nSPS) is 10.7. The van der Waals surface area contributed by atoms with Crippen molar-refractivity contribution >= 4 is 82.4 Å². The van der Waals surface area contributed by atoms with E-state index in [-0.39, 0.29) is 112 Å². The minimum atomic E-state index is -0.711. The molecule has 11 aromatic heterocycles. The predicted octanol–water partition coefficient (Wildman–Crippen LogP) is 20.6. The van der Waals surface area contributed by atoms with Gasteiger partial charge in [-0.1, -0.05) is 130 Å². The van der Waals surface area contributed by atoms with E-state index in [0.717, 1.165) is 132 Å². The first kappa shape index (κ1) is 93.0. The van der Waals surface area contributed by atoms with Crippen molar-refractivity contribution in [3.05, 3.63) is 322 Å². The van der Waals surface area contributed by atoms with Gasteiger partial charge in [0.05, 0.1) is 85.3 Å². The SMILES string of the molecule is Cc1cc(C)c(-n2ncnc2-c2[c-]ccc3oc(C)nc23)c(C)c1.Cc1ccc(-n2ncnc2-c2[c-]ccc3scnc23)c(C)n1.Cc1cccc(C)c1-n1ncnc1-c1[c-]ccc2oc(-c3ccccc3)nc12.Fc1cccc(F)c1-n1ncnc1-c1[c-]ccc2scnc12.[C-]#[N+]c1nc2c(-c3ncnn3-c3c(C)cc(C)cc3C)[c-]ccc2o1.[Ir].[Ir].[Ir].[Ir].[Ir]. The number of oxazole rings is 3. The number of hydrogen-bond donors (Lipinski definition) is 0. The number of para-hydroxylation sites is 2. The summed E-state index contributed by atoms with van der Waals surface area (Å²) in [6.45, 7) is 29.5. The smallest absolute Gasteiger partial charge is 0.439 e. The largest absolute Gasteiger partial charge is 0.478 e. The molecule has 0 aliphatic rings. The quantitative estimate of drug-likeness (QED) is 0.109. The Morgan fingerprint density at radius 3 is 1.19 bits per heavy atom. The van der Waals surface area contributed by atoms with Crippen LogP contribution >= 0.6 is 22.7 Å². The van der Waals surface area contributed by atoms with E-state index in [4.69, 9.17) is 24.8 Å². The van der Waals surface area contributed by atoms with E-state index in [9.17, 15) is 8.78 Å². The van der Waals surface area contributed by atoms with Crippen molar-refractivity contribution in [3.8, 4) is 96.8 Å². The summed E-state index contributed by atoms with van der Waals surface area (Å²) in [5.41, 5.74) is 28.5. The Morgan fingerprint density at radius 1 is 0.357 bits per heavy atom. The van der Waals surface area contributed by atoms with E-state index >= 15 is 0 Å². The molecule has 0 fully saturated rings. The van der Waals surface area contributed by atoms with Crippen molar-refractivity contribution in [2.45, 2.75) is 76.2 Å². The number of rotatable bonds is 11. The van der Waals surface area contributed by atoms with Gasteiger partial charge in [-0.25, -0.2) is 13.5 Å². The maximum atomic E-state index is 14.0. The zero-order valence-electron chi connectivity index (χ0n) is 68.4. The topological polar surface area (TPSA) is 275 Å². The van der Waals surface area contributed by atoms with Crippen molar-refractivity contribution in [1.82, 2.24) is 104 Å². The molecule has 0 amide bonds. The number of hydrogen-bond acceptors (Lipinski definition) is 21. The van der Waals surface area contributed by atoms with Gasteiger partial charge in [0.2, 0.25) is 5.89 Å².